The average Bonchev–Trinajstić information content (AvgIpc) is 2.75. The summed E-state index contributed by atoms with van der Waals surface area (Å²) in [6.45, 7) is 5.49. The third-order valence-electron chi connectivity index (χ3n) is 5.57. The van der Waals surface area contributed by atoms with E-state index in [0.29, 0.717) is 12.5 Å². The zero-order valence-corrected chi connectivity index (χ0v) is 19.3. The lowest BCUT2D eigenvalue weighted by atomic mass is 9.89. The first-order valence-electron chi connectivity index (χ1n) is 10.8. The summed E-state index contributed by atoms with van der Waals surface area (Å²) in [5.41, 5.74) is -0.256. The molecule has 2 N–H and O–H groups in total. The van der Waals surface area contributed by atoms with Crippen LogP contribution in [0.4, 0.5) is 5.69 Å². The number of halogens is 1. The quantitative estimate of drug-likeness (QED) is 0.324. The van der Waals surface area contributed by atoms with Gasteiger partial charge in [-0.05, 0) is 37.7 Å². The zero-order chi connectivity index (χ0) is 23.8. The molecule has 1 aromatic carbocycles. The summed E-state index contributed by atoms with van der Waals surface area (Å²) in [4.78, 5) is 47.8. The summed E-state index contributed by atoms with van der Waals surface area (Å²) in [6, 6.07) is 2.42. The Morgan fingerprint density at radius 3 is 2.41 bits per heavy atom. The SMILES string of the molecule is CC(OC(=O)C(NC(=O)c1ccc([N+](=O)[O-])cc1Cl)C(C)C)C(=O)NCC1CCCCC1. The number of hydrogen-bond donors (Lipinski definition) is 2. The van der Waals surface area contributed by atoms with E-state index in [1.165, 1.54) is 32.3 Å². The van der Waals surface area contributed by atoms with E-state index in [2.05, 4.69) is 10.6 Å². The molecule has 1 aliphatic rings. The van der Waals surface area contributed by atoms with E-state index in [9.17, 15) is 24.5 Å². The van der Waals surface area contributed by atoms with Crippen LogP contribution in [0.1, 0.15) is 63.2 Å². The summed E-state index contributed by atoms with van der Waals surface area (Å²) in [6.07, 6.45) is 4.72. The maximum absolute atomic E-state index is 12.7. The van der Waals surface area contributed by atoms with E-state index < -0.39 is 28.9 Å². The fourth-order valence-electron chi connectivity index (χ4n) is 3.60. The van der Waals surface area contributed by atoms with Crippen molar-refractivity contribution in [1.29, 1.82) is 0 Å². The molecule has 2 atom stereocenters. The number of carbonyl (C=O) groups excluding carboxylic acids is 3. The van der Waals surface area contributed by atoms with Crippen LogP contribution in [0.5, 0.6) is 0 Å². The van der Waals surface area contributed by atoms with Crippen LogP contribution in [0.15, 0.2) is 18.2 Å². The van der Waals surface area contributed by atoms with Crippen LogP contribution in [-0.2, 0) is 14.3 Å². The van der Waals surface area contributed by atoms with Crippen LogP contribution in [0.25, 0.3) is 0 Å². The second-order valence-electron chi connectivity index (χ2n) is 8.44. The maximum atomic E-state index is 12.7. The Kier molecular flexibility index (Phi) is 9.43. The van der Waals surface area contributed by atoms with E-state index in [1.807, 2.05) is 0 Å². The summed E-state index contributed by atoms with van der Waals surface area (Å²) in [7, 11) is 0. The third kappa shape index (κ3) is 7.19. The first-order chi connectivity index (χ1) is 15.1. The number of nitrogens with one attached hydrogen (secondary N) is 2. The second kappa shape index (κ2) is 11.8. The van der Waals surface area contributed by atoms with Crippen LogP contribution in [0, 0.1) is 22.0 Å². The minimum absolute atomic E-state index is 0.00556. The molecule has 0 saturated heterocycles. The molecule has 10 heteroatoms. The number of hydrogen-bond acceptors (Lipinski definition) is 6. The number of esters is 1. The summed E-state index contributed by atoms with van der Waals surface area (Å²) in [5, 5.41) is 16.1. The first-order valence-corrected chi connectivity index (χ1v) is 11.2. The molecule has 9 nitrogen and oxygen atoms in total. The number of non-ortho nitro benzene ring substituents is 1. The molecule has 32 heavy (non-hydrogen) atoms. The fraction of sp³-hybridized carbons (Fsp3) is 0.591. The van der Waals surface area contributed by atoms with Gasteiger partial charge in [-0.25, -0.2) is 4.79 Å². The molecule has 0 radical (unpaired) electrons. The topological polar surface area (TPSA) is 128 Å². The number of nitrogens with zero attached hydrogens (tertiary/aromatic N) is 1. The summed E-state index contributed by atoms with van der Waals surface area (Å²) in [5.74, 6) is -1.68. The molecular weight excluding hydrogens is 438 g/mol. The van der Waals surface area contributed by atoms with Gasteiger partial charge in [-0.1, -0.05) is 44.7 Å². The Morgan fingerprint density at radius 2 is 1.84 bits per heavy atom. The van der Waals surface area contributed by atoms with E-state index in [0.717, 1.165) is 25.0 Å². The molecule has 2 amide bonds. The van der Waals surface area contributed by atoms with E-state index in [1.54, 1.807) is 13.8 Å². The van der Waals surface area contributed by atoms with Crippen LogP contribution in [0.3, 0.4) is 0 Å². The van der Waals surface area contributed by atoms with Crippen LogP contribution >= 0.6 is 11.6 Å². The highest BCUT2D eigenvalue weighted by Crippen LogP contribution is 2.24. The monoisotopic (exact) mass is 467 g/mol. The molecule has 0 spiro atoms. The van der Waals surface area contributed by atoms with Crippen LogP contribution in [0.2, 0.25) is 5.02 Å². The van der Waals surface area contributed by atoms with Crippen molar-refractivity contribution >= 4 is 35.1 Å². The number of rotatable bonds is 9. The molecular formula is C22H30ClN3O6. The van der Waals surface area contributed by atoms with Gasteiger partial charge in [0.05, 0.1) is 15.5 Å². The van der Waals surface area contributed by atoms with Crippen molar-refractivity contribution in [3.05, 3.63) is 38.9 Å². The van der Waals surface area contributed by atoms with Crippen molar-refractivity contribution in [2.24, 2.45) is 11.8 Å². The van der Waals surface area contributed by atoms with Crippen molar-refractivity contribution in [3.63, 3.8) is 0 Å². The van der Waals surface area contributed by atoms with Crippen molar-refractivity contribution in [1.82, 2.24) is 10.6 Å². The van der Waals surface area contributed by atoms with Gasteiger partial charge in [0.2, 0.25) is 0 Å². The lowest BCUT2D eigenvalue weighted by molar-refractivity contribution is -0.384. The smallest absolute Gasteiger partial charge is 0.329 e. The molecule has 176 valence electrons. The van der Waals surface area contributed by atoms with Crippen molar-refractivity contribution in [3.8, 4) is 0 Å². The molecule has 0 aliphatic heterocycles. The molecule has 1 aromatic rings. The Hall–Kier alpha value is -2.68. The highest BCUT2D eigenvalue weighted by atomic mass is 35.5. The average molecular weight is 468 g/mol. The standard InChI is InChI=1S/C22H30ClN3O6/c1-13(2)19(25-21(28)17-10-9-16(26(30)31)11-18(17)23)22(29)32-14(3)20(27)24-12-15-7-5-4-6-8-15/h9-11,13-15,19H,4-8,12H2,1-3H3,(H,24,27)(H,25,28). The van der Waals surface area contributed by atoms with Gasteiger partial charge in [0, 0.05) is 18.7 Å². The van der Waals surface area contributed by atoms with Gasteiger partial charge in [-0.2, -0.15) is 0 Å². The van der Waals surface area contributed by atoms with Crippen LogP contribution in [-0.4, -0.2) is 41.4 Å². The number of nitro benzene ring substituents is 1. The normalized spacial score (nSPS) is 16.2. The summed E-state index contributed by atoms with van der Waals surface area (Å²) >= 11 is 6.00. The van der Waals surface area contributed by atoms with Gasteiger partial charge in [0.25, 0.3) is 17.5 Å². The van der Waals surface area contributed by atoms with Crippen molar-refractivity contribution < 1.29 is 24.0 Å². The minimum atomic E-state index is -1.03. The molecule has 1 fully saturated rings. The van der Waals surface area contributed by atoms with Crippen molar-refractivity contribution in [2.45, 2.75) is 65.0 Å². The Labute approximate surface area is 192 Å². The molecule has 0 bridgehead atoms. The number of amides is 2. The van der Waals surface area contributed by atoms with E-state index in [-0.39, 0.29) is 28.1 Å². The van der Waals surface area contributed by atoms with Gasteiger partial charge in [-0.15, -0.1) is 0 Å². The lowest BCUT2D eigenvalue weighted by Gasteiger charge is -2.24. The molecule has 1 aliphatic carbocycles. The van der Waals surface area contributed by atoms with Crippen molar-refractivity contribution in [2.75, 3.05) is 6.54 Å². The van der Waals surface area contributed by atoms with Gasteiger partial charge < -0.3 is 15.4 Å². The number of benzene rings is 1. The minimum Gasteiger partial charge on any atom is -0.451 e. The molecule has 1 saturated carbocycles. The second-order valence-corrected chi connectivity index (χ2v) is 8.85. The summed E-state index contributed by atoms with van der Waals surface area (Å²) < 4.78 is 5.31. The third-order valence-corrected chi connectivity index (χ3v) is 5.88. The van der Waals surface area contributed by atoms with Gasteiger partial charge in [-0.3, -0.25) is 19.7 Å². The zero-order valence-electron chi connectivity index (χ0n) is 18.6. The number of carbonyl (C=O) groups is 3. The van der Waals surface area contributed by atoms with Crippen LogP contribution < -0.4 is 10.6 Å². The van der Waals surface area contributed by atoms with E-state index in [4.69, 9.17) is 16.3 Å². The first kappa shape index (κ1) is 25.6. The molecule has 2 unspecified atom stereocenters. The molecule has 0 aromatic heterocycles. The Morgan fingerprint density at radius 1 is 1.19 bits per heavy atom. The predicted molar refractivity (Wildman–Crippen MR) is 119 cm³/mol. The number of ether oxygens (including phenoxy) is 1. The van der Waals surface area contributed by atoms with E-state index >= 15 is 0 Å². The van der Waals surface area contributed by atoms with Gasteiger partial charge in [0.1, 0.15) is 6.04 Å². The predicted octanol–water partition coefficient (Wildman–Crippen LogP) is 3.63. The highest BCUT2D eigenvalue weighted by molar-refractivity contribution is 6.34. The lowest BCUT2D eigenvalue weighted by Crippen LogP contribution is -2.48. The maximum Gasteiger partial charge on any atom is 0.329 e. The molecule has 0 heterocycles. The Balaban J connectivity index is 1.95. The molecule has 2 rings (SSSR count). The van der Waals surface area contributed by atoms with Gasteiger partial charge >= 0.3 is 5.97 Å². The highest BCUT2D eigenvalue weighted by Gasteiger charge is 2.30. The fourth-order valence-corrected chi connectivity index (χ4v) is 3.86. The Bertz CT molecular complexity index is 854. The van der Waals surface area contributed by atoms with Gasteiger partial charge in [0.15, 0.2) is 6.10 Å². The largest absolute Gasteiger partial charge is 0.451 e. The number of nitro groups is 1.